The van der Waals surface area contributed by atoms with Gasteiger partial charge in [0.2, 0.25) is 5.91 Å². The Kier molecular flexibility index (Phi) is 8.57. The van der Waals surface area contributed by atoms with E-state index in [1.54, 1.807) is 0 Å². The molecule has 0 fully saturated rings. The first kappa shape index (κ1) is 13.4. The van der Waals surface area contributed by atoms with E-state index in [0.717, 1.165) is 25.8 Å². The molecule has 0 bridgehead atoms. The van der Waals surface area contributed by atoms with Crippen molar-refractivity contribution in [2.75, 3.05) is 20.2 Å². The quantitative estimate of drug-likeness (QED) is 0.495. The Labute approximate surface area is 86.1 Å². The highest BCUT2D eigenvalue weighted by Crippen LogP contribution is 1.96. The second-order valence-electron chi connectivity index (χ2n) is 3.54. The molecule has 0 rings (SSSR count). The van der Waals surface area contributed by atoms with Gasteiger partial charge in [-0.3, -0.25) is 4.79 Å². The first-order valence-electron chi connectivity index (χ1n) is 5.25. The zero-order chi connectivity index (χ0) is 10.8. The minimum atomic E-state index is 0.102. The van der Waals surface area contributed by atoms with Gasteiger partial charge in [0.25, 0.3) is 0 Å². The zero-order valence-corrected chi connectivity index (χ0v) is 9.18. The lowest BCUT2D eigenvalue weighted by Gasteiger charge is -2.12. The smallest absolute Gasteiger partial charge is 0.220 e. The van der Waals surface area contributed by atoms with E-state index in [1.807, 2.05) is 14.0 Å². The number of nitrogens with one attached hydrogen (secondary N) is 2. The van der Waals surface area contributed by atoms with Gasteiger partial charge in [0, 0.05) is 19.1 Å². The fraction of sp³-hybridized carbons (Fsp3) is 0.900. The second-order valence-corrected chi connectivity index (χ2v) is 3.54. The van der Waals surface area contributed by atoms with Gasteiger partial charge in [-0.1, -0.05) is 0 Å². The predicted octanol–water partition coefficient (Wildman–Crippen LogP) is 0.263. The van der Waals surface area contributed by atoms with Gasteiger partial charge in [-0.2, -0.15) is 0 Å². The van der Waals surface area contributed by atoms with Gasteiger partial charge in [0.05, 0.1) is 0 Å². The number of carbonyl (C=O) groups excluding carboxylic acids is 1. The van der Waals surface area contributed by atoms with E-state index in [1.165, 1.54) is 0 Å². The maximum atomic E-state index is 11.3. The summed E-state index contributed by atoms with van der Waals surface area (Å²) in [6.07, 6.45) is 3.03. The number of hydrogen-bond acceptors (Lipinski definition) is 3. The molecule has 0 radical (unpaired) electrons. The van der Waals surface area contributed by atoms with Crippen LogP contribution in [-0.4, -0.2) is 37.3 Å². The van der Waals surface area contributed by atoms with Crippen LogP contribution in [0.4, 0.5) is 0 Å². The Bertz CT molecular complexity index is 151. The molecule has 4 nitrogen and oxygen atoms in total. The summed E-state index contributed by atoms with van der Waals surface area (Å²) in [7, 11) is 1.88. The highest BCUT2D eigenvalue weighted by atomic mass is 16.2. The topological polar surface area (TPSA) is 61.4 Å². The molecule has 1 unspecified atom stereocenters. The maximum absolute atomic E-state index is 11.3. The van der Waals surface area contributed by atoms with Crippen LogP contribution in [0, 0.1) is 0 Å². The lowest BCUT2D eigenvalue weighted by Crippen LogP contribution is -2.32. The number of aliphatic hydroxyl groups excluding tert-OH is 1. The largest absolute Gasteiger partial charge is 0.396 e. The fourth-order valence-electron chi connectivity index (χ4n) is 1.24. The van der Waals surface area contributed by atoms with Crippen LogP contribution in [0.1, 0.15) is 32.6 Å². The molecule has 0 aromatic rings. The van der Waals surface area contributed by atoms with Crippen molar-refractivity contribution in [2.24, 2.45) is 0 Å². The summed E-state index contributed by atoms with van der Waals surface area (Å²) in [5, 5.41) is 14.5. The number of hydrogen-bond donors (Lipinski definition) is 3. The minimum absolute atomic E-state index is 0.102. The summed E-state index contributed by atoms with van der Waals surface area (Å²) in [4.78, 5) is 11.3. The summed E-state index contributed by atoms with van der Waals surface area (Å²) >= 11 is 0. The molecule has 0 aliphatic carbocycles. The van der Waals surface area contributed by atoms with Crippen molar-refractivity contribution in [3.05, 3.63) is 0 Å². The Hall–Kier alpha value is -0.610. The van der Waals surface area contributed by atoms with Crippen molar-refractivity contribution in [2.45, 2.75) is 38.6 Å². The number of rotatable bonds is 8. The molecule has 14 heavy (non-hydrogen) atoms. The highest BCUT2D eigenvalue weighted by molar-refractivity contribution is 5.76. The number of carbonyl (C=O) groups is 1. The van der Waals surface area contributed by atoms with Crippen LogP contribution in [0.25, 0.3) is 0 Å². The first-order valence-corrected chi connectivity index (χ1v) is 5.25. The molecule has 1 atom stereocenters. The van der Waals surface area contributed by atoms with Crippen LogP contribution < -0.4 is 10.6 Å². The summed E-state index contributed by atoms with van der Waals surface area (Å²) in [6.45, 7) is 3.03. The van der Waals surface area contributed by atoms with E-state index in [4.69, 9.17) is 5.11 Å². The van der Waals surface area contributed by atoms with Gasteiger partial charge >= 0.3 is 0 Å². The standard InChI is InChI=1S/C10H22N2O2/c1-9(5-4-8-13)12-10(14)6-3-7-11-2/h9,11,13H,3-8H2,1-2H3,(H,12,14). The van der Waals surface area contributed by atoms with Gasteiger partial charge in [-0.25, -0.2) is 0 Å². The third-order valence-corrected chi connectivity index (χ3v) is 2.03. The van der Waals surface area contributed by atoms with Crippen LogP contribution in [0.2, 0.25) is 0 Å². The molecular weight excluding hydrogens is 180 g/mol. The minimum Gasteiger partial charge on any atom is -0.396 e. The Morgan fingerprint density at radius 1 is 1.43 bits per heavy atom. The number of amides is 1. The molecule has 0 spiro atoms. The van der Waals surface area contributed by atoms with Crippen molar-refractivity contribution in [3.8, 4) is 0 Å². The van der Waals surface area contributed by atoms with E-state index in [-0.39, 0.29) is 18.6 Å². The molecule has 84 valence electrons. The van der Waals surface area contributed by atoms with E-state index in [0.29, 0.717) is 6.42 Å². The average molecular weight is 202 g/mol. The van der Waals surface area contributed by atoms with Crippen molar-refractivity contribution in [3.63, 3.8) is 0 Å². The van der Waals surface area contributed by atoms with Crippen LogP contribution in [-0.2, 0) is 4.79 Å². The number of aliphatic hydroxyl groups is 1. The molecule has 0 heterocycles. The molecule has 4 heteroatoms. The predicted molar refractivity (Wildman–Crippen MR) is 57.1 cm³/mol. The summed E-state index contributed by atoms with van der Waals surface area (Å²) in [5.41, 5.74) is 0. The Balaban J connectivity index is 3.40. The Morgan fingerprint density at radius 2 is 2.14 bits per heavy atom. The molecular formula is C10H22N2O2. The summed E-state index contributed by atoms with van der Waals surface area (Å²) < 4.78 is 0. The lowest BCUT2D eigenvalue weighted by atomic mass is 10.2. The molecule has 1 amide bonds. The van der Waals surface area contributed by atoms with Gasteiger partial charge in [-0.05, 0) is 39.8 Å². The van der Waals surface area contributed by atoms with Crippen LogP contribution in [0.3, 0.4) is 0 Å². The van der Waals surface area contributed by atoms with Gasteiger partial charge in [0.15, 0.2) is 0 Å². The molecule has 3 N–H and O–H groups in total. The Morgan fingerprint density at radius 3 is 2.71 bits per heavy atom. The van der Waals surface area contributed by atoms with Gasteiger partial charge in [0.1, 0.15) is 0 Å². The van der Waals surface area contributed by atoms with E-state index in [2.05, 4.69) is 10.6 Å². The van der Waals surface area contributed by atoms with Crippen LogP contribution in [0.15, 0.2) is 0 Å². The van der Waals surface area contributed by atoms with Crippen LogP contribution >= 0.6 is 0 Å². The molecule has 0 aliphatic rings. The van der Waals surface area contributed by atoms with Crippen molar-refractivity contribution in [1.82, 2.24) is 10.6 Å². The molecule has 0 aliphatic heterocycles. The second kappa shape index (κ2) is 8.97. The fourth-order valence-corrected chi connectivity index (χ4v) is 1.24. The zero-order valence-electron chi connectivity index (χ0n) is 9.18. The van der Waals surface area contributed by atoms with E-state index < -0.39 is 0 Å². The van der Waals surface area contributed by atoms with Crippen molar-refractivity contribution < 1.29 is 9.90 Å². The third-order valence-electron chi connectivity index (χ3n) is 2.03. The maximum Gasteiger partial charge on any atom is 0.220 e. The van der Waals surface area contributed by atoms with Crippen molar-refractivity contribution in [1.29, 1.82) is 0 Å². The molecule has 0 saturated carbocycles. The first-order chi connectivity index (χ1) is 6.70. The van der Waals surface area contributed by atoms with E-state index >= 15 is 0 Å². The monoisotopic (exact) mass is 202 g/mol. The highest BCUT2D eigenvalue weighted by Gasteiger charge is 2.05. The normalized spacial score (nSPS) is 12.5. The summed E-state index contributed by atoms with van der Waals surface area (Å²) in [6, 6.07) is 0.171. The van der Waals surface area contributed by atoms with Gasteiger partial charge < -0.3 is 15.7 Å². The third kappa shape index (κ3) is 8.01. The summed E-state index contributed by atoms with van der Waals surface area (Å²) in [5.74, 6) is 0.102. The molecule has 0 aromatic heterocycles. The molecule has 0 saturated heterocycles. The van der Waals surface area contributed by atoms with E-state index in [9.17, 15) is 4.79 Å². The average Bonchev–Trinajstić information content (AvgIpc) is 2.15. The SMILES string of the molecule is CNCCCC(=O)NC(C)CCCO. The molecule has 0 aromatic carbocycles. The lowest BCUT2D eigenvalue weighted by molar-refractivity contribution is -0.121. The van der Waals surface area contributed by atoms with Crippen molar-refractivity contribution >= 4 is 5.91 Å². The van der Waals surface area contributed by atoms with Gasteiger partial charge in [-0.15, -0.1) is 0 Å². The van der Waals surface area contributed by atoms with Crippen LogP contribution in [0.5, 0.6) is 0 Å².